The molecule has 0 saturated carbocycles. The monoisotopic (exact) mass is 364 g/mol. The Kier molecular flexibility index (Phi) is 5.84. The molecule has 1 N–H and O–H groups in total. The van der Waals surface area contributed by atoms with Crippen molar-refractivity contribution in [3.8, 4) is 17.2 Å². The molecule has 0 unspecified atom stereocenters. The molecule has 138 valence electrons. The van der Waals surface area contributed by atoms with Crippen molar-refractivity contribution in [3.05, 3.63) is 72.3 Å². The molecule has 7 nitrogen and oxygen atoms in total. The second kappa shape index (κ2) is 8.66. The van der Waals surface area contributed by atoms with Gasteiger partial charge < -0.3 is 14.8 Å². The van der Waals surface area contributed by atoms with Crippen molar-refractivity contribution >= 4 is 12.0 Å². The second-order valence-electron chi connectivity index (χ2n) is 5.70. The van der Waals surface area contributed by atoms with Gasteiger partial charge in [-0.05, 0) is 41.5 Å². The zero-order valence-electron chi connectivity index (χ0n) is 15.1. The van der Waals surface area contributed by atoms with E-state index in [4.69, 9.17) is 9.47 Å². The zero-order valence-corrected chi connectivity index (χ0v) is 15.1. The highest BCUT2D eigenvalue weighted by Crippen LogP contribution is 2.23. The number of carbonyl (C=O) groups is 1. The lowest BCUT2D eigenvalue weighted by atomic mass is 10.2. The van der Waals surface area contributed by atoms with E-state index in [-0.39, 0.29) is 5.91 Å². The lowest BCUT2D eigenvalue weighted by molar-refractivity contribution is -0.116. The van der Waals surface area contributed by atoms with Crippen LogP contribution in [0.25, 0.3) is 11.8 Å². The summed E-state index contributed by atoms with van der Waals surface area (Å²) in [5.41, 5.74) is 2.72. The van der Waals surface area contributed by atoms with Crippen molar-refractivity contribution < 1.29 is 14.3 Å². The number of hydrogen-bond acceptors (Lipinski definition) is 5. The van der Waals surface area contributed by atoms with Crippen molar-refractivity contribution in [1.29, 1.82) is 0 Å². The Hall–Kier alpha value is -3.61. The number of ether oxygens (including phenoxy) is 2. The van der Waals surface area contributed by atoms with Crippen LogP contribution in [0.3, 0.4) is 0 Å². The molecular formula is C20H20N4O3. The van der Waals surface area contributed by atoms with Gasteiger partial charge in [0.15, 0.2) is 0 Å². The Labute approximate surface area is 157 Å². The molecule has 1 amide bonds. The van der Waals surface area contributed by atoms with Gasteiger partial charge in [-0.3, -0.25) is 4.79 Å². The van der Waals surface area contributed by atoms with Crippen LogP contribution >= 0.6 is 0 Å². The summed E-state index contributed by atoms with van der Waals surface area (Å²) in [7, 11) is 3.17. The second-order valence-corrected chi connectivity index (χ2v) is 5.70. The number of rotatable bonds is 7. The van der Waals surface area contributed by atoms with Crippen LogP contribution in [0.5, 0.6) is 11.5 Å². The first-order valence-electron chi connectivity index (χ1n) is 8.31. The SMILES string of the molecule is COc1cc(/C=C/C(=O)NCc2ccc(-n3cncn3)cc2)cc(OC)c1. The molecule has 0 atom stereocenters. The number of amides is 1. The fourth-order valence-corrected chi connectivity index (χ4v) is 2.45. The lowest BCUT2D eigenvalue weighted by Gasteiger charge is -2.06. The highest BCUT2D eigenvalue weighted by atomic mass is 16.5. The smallest absolute Gasteiger partial charge is 0.244 e. The van der Waals surface area contributed by atoms with E-state index in [0.717, 1.165) is 16.8 Å². The minimum atomic E-state index is -0.183. The minimum Gasteiger partial charge on any atom is -0.497 e. The molecule has 0 radical (unpaired) electrons. The average molecular weight is 364 g/mol. The van der Waals surface area contributed by atoms with Crippen molar-refractivity contribution in [2.45, 2.75) is 6.54 Å². The fraction of sp³-hybridized carbons (Fsp3) is 0.150. The number of aromatic nitrogens is 3. The summed E-state index contributed by atoms with van der Waals surface area (Å²) < 4.78 is 12.1. The maximum Gasteiger partial charge on any atom is 0.244 e. The van der Waals surface area contributed by atoms with E-state index in [1.165, 1.54) is 12.4 Å². The van der Waals surface area contributed by atoms with E-state index < -0.39 is 0 Å². The van der Waals surface area contributed by atoms with Crippen LogP contribution in [0.4, 0.5) is 0 Å². The van der Waals surface area contributed by atoms with Crippen LogP contribution in [0.2, 0.25) is 0 Å². The molecular weight excluding hydrogens is 344 g/mol. The topological polar surface area (TPSA) is 78.3 Å². The average Bonchev–Trinajstić information content (AvgIpc) is 3.25. The number of nitrogens with one attached hydrogen (secondary N) is 1. The maximum atomic E-state index is 12.1. The van der Waals surface area contributed by atoms with E-state index in [9.17, 15) is 4.79 Å². The van der Waals surface area contributed by atoms with Gasteiger partial charge in [0.05, 0.1) is 19.9 Å². The van der Waals surface area contributed by atoms with Crippen LogP contribution in [-0.4, -0.2) is 34.9 Å². The largest absolute Gasteiger partial charge is 0.497 e. The summed E-state index contributed by atoms with van der Waals surface area (Å²) in [6, 6.07) is 13.2. The van der Waals surface area contributed by atoms with Crippen LogP contribution in [0.1, 0.15) is 11.1 Å². The molecule has 3 rings (SSSR count). The van der Waals surface area contributed by atoms with Gasteiger partial charge in [0.1, 0.15) is 24.2 Å². The standard InChI is InChI=1S/C20H20N4O3/c1-26-18-9-16(10-19(11-18)27-2)5-8-20(25)22-12-15-3-6-17(7-4-15)24-14-21-13-23-24/h3-11,13-14H,12H2,1-2H3,(H,22,25)/b8-5+. The summed E-state index contributed by atoms with van der Waals surface area (Å²) in [4.78, 5) is 16.0. The predicted octanol–water partition coefficient (Wildman–Crippen LogP) is 2.61. The van der Waals surface area contributed by atoms with Crippen LogP contribution in [0, 0.1) is 0 Å². The molecule has 3 aromatic rings. The Morgan fingerprint density at radius 1 is 1.11 bits per heavy atom. The third kappa shape index (κ3) is 4.94. The molecule has 27 heavy (non-hydrogen) atoms. The number of nitrogens with zero attached hydrogens (tertiary/aromatic N) is 3. The minimum absolute atomic E-state index is 0.183. The quantitative estimate of drug-likeness (QED) is 0.652. The first kappa shape index (κ1) is 18.2. The number of benzene rings is 2. The third-order valence-corrected chi connectivity index (χ3v) is 3.89. The molecule has 1 aromatic heterocycles. The summed E-state index contributed by atoms with van der Waals surface area (Å²) in [6.07, 6.45) is 6.32. The van der Waals surface area contributed by atoms with Gasteiger partial charge in [0.25, 0.3) is 0 Å². The van der Waals surface area contributed by atoms with Gasteiger partial charge >= 0.3 is 0 Å². The van der Waals surface area contributed by atoms with Gasteiger partial charge in [-0.1, -0.05) is 12.1 Å². The lowest BCUT2D eigenvalue weighted by Crippen LogP contribution is -2.20. The van der Waals surface area contributed by atoms with Gasteiger partial charge in [-0.15, -0.1) is 0 Å². The molecule has 0 saturated heterocycles. The summed E-state index contributed by atoms with van der Waals surface area (Å²) in [5, 5.41) is 6.93. The summed E-state index contributed by atoms with van der Waals surface area (Å²) >= 11 is 0. The summed E-state index contributed by atoms with van der Waals surface area (Å²) in [6.45, 7) is 0.433. The molecule has 0 fully saturated rings. The van der Waals surface area contributed by atoms with E-state index in [1.807, 2.05) is 36.4 Å². The number of hydrogen-bond donors (Lipinski definition) is 1. The maximum absolute atomic E-state index is 12.1. The van der Waals surface area contributed by atoms with E-state index >= 15 is 0 Å². The van der Waals surface area contributed by atoms with Gasteiger partial charge in [0.2, 0.25) is 5.91 Å². The first-order chi connectivity index (χ1) is 13.2. The van der Waals surface area contributed by atoms with Crippen LogP contribution in [0.15, 0.2) is 61.2 Å². The Bertz CT molecular complexity index is 897. The highest BCUT2D eigenvalue weighted by molar-refractivity contribution is 5.91. The van der Waals surface area contributed by atoms with E-state index in [2.05, 4.69) is 15.4 Å². The van der Waals surface area contributed by atoms with Gasteiger partial charge in [0, 0.05) is 18.7 Å². The third-order valence-electron chi connectivity index (χ3n) is 3.89. The van der Waals surface area contributed by atoms with Crippen molar-refractivity contribution in [2.75, 3.05) is 14.2 Å². The zero-order chi connectivity index (χ0) is 19.1. The normalized spacial score (nSPS) is 10.7. The predicted molar refractivity (Wildman–Crippen MR) is 102 cm³/mol. The number of carbonyl (C=O) groups excluding carboxylic acids is 1. The van der Waals surface area contributed by atoms with Gasteiger partial charge in [-0.2, -0.15) is 5.10 Å². The Morgan fingerprint density at radius 3 is 2.41 bits per heavy atom. The highest BCUT2D eigenvalue weighted by Gasteiger charge is 2.02. The molecule has 0 spiro atoms. The molecule has 1 heterocycles. The molecule has 0 aliphatic rings. The molecule has 0 bridgehead atoms. The first-order valence-corrected chi connectivity index (χ1v) is 8.31. The van der Waals surface area contributed by atoms with Crippen molar-refractivity contribution in [1.82, 2.24) is 20.1 Å². The fourth-order valence-electron chi connectivity index (χ4n) is 2.45. The Balaban J connectivity index is 1.57. The molecule has 7 heteroatoms. The van der Waals surface area contributed by atoms with Crippen molar-refractivity contribution in [3.63, 3.8) is 0 Å². The van der Waals surface area contributed by atoms with Crippen molar-refractivity contribution in [2.24, 2.45) is 0 Å². The molecule has 2 aromatic carbocycles. The Morgan fingerprint density at radius 2 is 1.81 bits per heavy atom. The summed E-state index contributed by atoms with van der Waals surface area (Å²) in [5.74, 6) is 1.15. The van der Waals surface area contributed by atoms with Crippen LogP contribution < -0.4 is 14.8 Å². The van der Waals surface area contributed by atoms with Crippen LogP contribution in [-0.2, 0) is 11.3 Å². The number of methoxy groups -OCH3 is 2. The van der Waals surface area contributed by atoms with Gasteiger partial charge in [-0.25, -0.2) is 9.67 Å². The molecule has 0 aliphatic carbocycles. The van der Waals surface area contributed by atoms with E-state index in [0.29, 0.717) is 18.0 Å². The molecule has 0 aliphatic heterocycles. The van der Waals surface area contributed by atoms with E-state index in [1.54, 1.807) is 37.4 Å².